The molecule has 0 aliphatic heterocycles. The third-order valence-corrected chi connectivity index (χ3v) is 4.49. The lowest BCUT2D eigenvalue weighted by atomic mass is 10.1. The van der Waals surface area contributed by atoms with Gasteiger partial charge in [-0.2, -0.15) is 0 Å². The van der Waals surface area contributed by atoms with Crippen molar-refractivity contribution in [3.05, 3.63) is 65.0 Å². The van der Waals surface area contributed by atoms with Gasteiger partial charge in [0.1, 0.15) is 5.75 Å². The molecule has 0 bridgehead atoms. The van der Waals surface area contributed by atoms with Gasteiger partial charge in [-0.05, 0) is 42.0 Å². The molecule has 0 fully saturated rings. The van der Waals surface area contributed by atoms with Gasteiger partial charge in [-0.25, -0.2) is 0 Å². The van der Waals surface area contributed by atoms with Crippen molar-refractivity contribution in [3.63, 3.8) is 0 Å². The number of benzene rings is 2. The SMILES string of the molecule is COc1ccc(NC(=O)CSc2nnc(Cc3ccc(Cl)cc3)o2)cc1. The molecule has 1 amide bonds. The predicted molar refractivity (Wildman–Crippen MR) is 101 cm³/mol. The Morgan fingerprint density at radius 1 is 1.15 bits per heavy atom. The first kappa shape index (κ1) is 18.3. The lowest BCUT2D eigenvalue weighted by Gasteiger charge is -2.05. The van der Waals surface area contributed by atoms with Crippen molar-refractivity contribution in [2.24, 2.45) is 0 Å². The molecule has 6 nitrogen and oxygen atoms in total. The highest BCUT2D eigenvalue weighted by molar-refractivity contribution is 7.99. The molecule has 8 heteroatoms. The van der Waals surface area contributed by atoms with Gasteiger partial charge in [-0.3, -0.25) is 4.79 Å². The number of nitrogens with one attached hydrogen (secondary N) is 1. The molecule has 3 rings (SSSR count). The molecule has 2 aromatic carbocycles. The lowest BCUT2D eigenvalue weighted by molar-refractivity contribution is -0.113. The Hall–Kier alpha value is -2.51. The maximum absolute atomic E-state index is 12.0. The van der Waals surface area contributed by atoms with Crippen molar-refractivity contribution in [2.45, 2.75) is 11.6 Å². The largest absolute Gasteiger partial charge is 0.497 e. The Labute approximate surface area is 159 Å². The van der Waals surface area contributed by atoms with Gasteiger partial charge in [0.25, 0.3) is 5.22 Å². The summed E-state index contributed by atoms with van der Waals surface area (Å²) in [6.07, 6.45) is 0.517. The van der Waals surface area contributed by atoms with Crippen LogP contribution >= 0.6 is 23.4 Å². The van der Waals surface area contributed by atoms with Crippen molar-refractivity contribution < 1.29 is 13.9 Å². The Balaban J connectivity index is 1.49. The maximum Gasteiger partial charge on any atom is 0.277 e. The Morgan fingerprint density at radius 3 is 2.58 bits per heavy atom. The van der Waals surface area contributed by atoms with Crippen LogP contribution in [-0.4, -0.2) is 29.0 Å². The van der Waals surface area contributed by atoms with Crippen LogP contribution in [0.4, 0.5) is 5.69 Å². The molecule has 0 atom stereocenters. The van der Waals surface area contributed by atoms with Crippen LogP contribution in [0.2, 0.25) is 5.02 Å². The second kappa shape index (κ2) is 8.73. The number of aromatic nitrogens is 2. The van der Waals surface area contributed by atoms with Gasteiger partial charge in [-0.15, -0.1) is 10.2 Å². The smallest absolute Gasteiger partial charge is 0.277 e. The highest BCUT2D eigenvalue weighted by Gasteiger charge is 2.10. The highest BCUT2D eigenvalue weighted by Crippen LogP contribution is 2.20. The zero-order chi connectivity index (χ0) is 18.4. The number of halogens is 1. The molecule has 3 aromatic rings. The number of hydrogen-bond acceptors (Lipinski definition) is 6. The van der Waals surface area contributed by atoms with Gasteiger partial charge in [0.2, 0.25) is 11.8 Å². The average Bonchev–Trinajstić information content (AvgIpc) is 3.10. The molecule has 0 radical (unpaired) electrons. The van der Waals surface area contributed by atoms with Crippen molar-refractivity contribution in [2.75, 3.05) is 18.2 Å². The van der Waals surface area contributed by atoms with Gasteiger partial charge >= 0.3 is 0 Å². The summed E-state index contributed by atoms with van der Waals surface area (Å²) < 4.78 is 10.6. The van der Waals surface area contributed by atoms with Crippen molar-refractivity contribution in [1.29, 1.82) is 0 Å². The summed E-state index contributed by atoms with van der Waals surface area (Å²) in [6.45, 7) is 0. The van der Waals surface area contributed by atoms with E-state index >= 15 is 0 Å². The first-order valence-corrected chi connectivity index (χ1v) is 9.12. The fourth-order valence-corrected chi connectivity index (χ4v) is 2.85. The van der Waals surface area contributed by atoms with Crippen molar-refractivity contribution >= 4 is 35.0 Å². The van der Waals surface area contributed by atoms with Crippen LogP contribution < -0.4 is 10.1 Å². The number of anilines is 1. The average molecular weight is 390 g/mol. The third-order valence-electron chi connectivity index (χ3n) is 3.42. The van der Waals surface area contributed by atoms with Gasteiger partial charge in [0, 0.05) is 10.7 Å². The summed E-state index contributed by atoms with van der Waals surface area (Å²) >= 11 is 7.06. The molecule has 0 aliphatic carbocycles. The fourth-order valence-electron chi connectivity index (χ4n) is 2.14. The van der Waals surface area contributed by atoms with E-state index in [-0.39, 0.29) is 11.7 Å². The molecule has 0 aliphatic rings. The number of ether oxygens (including phenoxy) is 1. The van der Waals surface area contributed by atoms with Gasteiger partial charge in [-0.1, -0.05) is 35.5 Å². The Morgan fingerprint density at radius 2 is 1.88 bits per heavy atom. The Kier molecular flexibility index (Phi) is 6.14. The number of rotatable bonds is 7. The number of carbonyl (C=O) groups excluding carboxylic acids is 1. The number of carbonyl (C=O) groups is 1. The zero-order valence-corrected chi connectivity index (χ0v) is 15.5. The standard InChI is InChI=1S/C18H16ClN3O3S/c1-24-15-8-6-14(7-9-15)20-16(23)11-26-18-22-21-17(25-18)10-12-2-4-13(19)5-3-12/h2-9H,10-11H2,1H3,(H,20,23). The quantitative estimate of drug-likeness (QED) is 0.614. The minimum Gasteiger partial charge on any atom is -0.497 e. The van der Waals surface area contributed by atoms with Gasteiger partial charge < -0.3 is 14.5 Å². The molecule has 0 unspecified atom stereocenters. The van der Waals surface area contributed by atoms with Crippen LogP contribution in [0, 0.1) is 0 Å². The van der Waals surface area contributed by atoms with E-state index in [1.807, 2.05) is 24.3 Å². The highest BCUT2D eigenvalue weighted by atomic mass is 35.5. The Bertz CT molecular complexity index is 866. The van der Waals surface area contributed by atoms with E-state index in [4.69, 9.17) is 20.8 Å². The third kappa shape index (κ3) is 5.24. The summed E-state index contributed by atoms with van der Waals surface area (Å²) in [7, 11) is 1.59. The van der Waals surface area contributed by atoms with Crippen LogP contribution in [0.5, 0.6) is 5.75 Å². The first-order chi connectivity index (χ1) is 12.6. The van der Waals surface area contributed by atoms with Crippen molar-refractivity contribution in [3.8, 4) is 5.75 Å². The summed E-state index contributed by atoms with van der Waals surface area (Å²) in [5.74, 6) is 1.24. The van der Waals surface area contributed by atoms with Crippen LogP contribution in [0.1, 0.15) is 11.5 Å². The summed E-state index contributed by atoms with van der Waals surface area (Å²) in [4.78, 5) is 12.0. The van der Waals surface area contributed by atoms with Crippen LogP contribution in [0.25, 0.3) is 0 Å². The molecule has 0 saturated heterocycles. The molecule has 0 saturated carbocycles. The molecule has 1 N–H and O–H groups in total. The number of methoxy groups -OCH3 is 1. The van der Waals surface area contributed by atoms with Gasteiger partial charge in [0.15, 0.2) is 0 Å². The topological polar surface area (TPSA) is 77.2 Å². The summed E-state index contributed by atoms with van der Waals surface area (Å²) in [6, 6.07) is 14.5. The molecule has 0 spiro atoms. The van der Waals surface area contributed by atoms with Crippen LogP contribution in [0.15, 0.2) is 58.2 Å². The number of thioether (sulfide) groups is 1. The van der Waals surface area contributed by atoms with E-state index < -0.39 is 0 Å². The normalized spacial score (nSPS) is 10.5. The minimum atomic E-state index is -0.155. The molecular weight excluding hydrogens is 374 g/mol. The summed E-state index contributed by atoms with van der Waals surface area (Å²) in [5.41, 5.74) is 1.72. The number of hydrogen-bond donors (Lipinski definition) is 1. The van der Waals surface area contributed by atoms with E-state index in [0.717, 1.165) is 11.3 Å². The second-order valence-corrected chi connectivity index (χ2v) is 6.69. The molecular formula is C18H16ClN3O3S. The second-order valence-electron chi connectivity index (χ2n) is 5.33. The zero-order valence-electron chi connectivity index (χ0n) is 13.9. The number of nitrogens with zero attached hydrogens (tertiary/aromatic N) is 2. The monoisotopic (exact) mass is 389 g/mol. The molecule has 1 aromatic heterocycles. The van der Waals surface area contributed by atoms with E-state index in [1.165, 1.54) is 11.8 Å². The maximum atomic E-state index is 12.0. The summed E-state index contributed by atoms with van der Waals surface area (Å²) in [5, 5.41) is 11.8. The first-order valence-electron chi connectivity index (χ1n) is 7.76. The van der Waals surface area contributed by atoms with Crippen LogP contribution in [-0.2, 0) is 11.2 Å². The number of amides is 1. The van der Waals surface area contributed by atoms with E-state index in [1.54, 1.807) is 31.4 Å². The molecule has 26 heavy (non-hydrogen) atoms. The van der Waals surface area contributed by atoms with Crippen molar-refractivity contribution in [1.82, 2.24) is 10.2 Å². The predicted octanol–water partition coefficient (Wildman–Crippen LogP) is 4.05. The molecule has 134 valence electrons. The fraction of sp³-hybridized carbons (Fsp3) is 0.167. The van der Waals surface area contributed by atoms with Gasteiger partial charge in [0.05, 0.1) is 19.3 Å². The minimum absolute atomic E-state index is 0.155. The van der Waals surface area contributed by atoms with E-state index in [9.17, 15) is 4.79 Å². The molecule has 1 heterocycles. The van der Waals surface area contributed by atoms with E-state index in [0.29, 0.717) is 28.2 Å². The van der Waals surface area contributed by atoms with Crippen LogP contribution in [0.3, 0.4) is 0 Å². The lowest BCUT2D eigenvalue weighted by Crippen LogP contribution is -2.13. The van der Waals surface area contributed by atoms with E-state index in [2.05, 4.69) is 15.5 Å².